The van der Waals surface area contributed by atoms with Crippen molar-refractivity contribution in [2.75, 3.05) is 77.0 Å². The highest BCUT2D eigenvalue weighted by atomic mass is 19.4. The third kappa shape index (κ3) is 9.96. The summed E-state index contributed by atoms with van der Waals surface area (Å²) in [6.45, 7) is 10.6. The lowest BCUT2D eigenvalue weighted by Crippen LogP contribution is -2.52. The molecule has 2 aromatic carbocycles. The second-order valence-electron chi connectivity index (χ2n) is 21.0. The standard InChI is InChI=1S/C53H64F3N11O5/c1-60-34-57-59-49(60)48(37-4-2-5-37)38-6-3-7-41(27-38)65-33-46-44(53(54,55)56)26-36(31-67(46)52(65)71)30-62-18-14-42(15-19-62)72-25-24-61-16-12-35(13-17-61)29-63-20-22-64(23-21-63)40-8-9-43-39(28-40)32-66(51(43)70)45-10-11-47(68)58-50(45)69/h3,6-9,26-28,31,33-35,37,42,45,48H,2,4-5,10-25,29-30,32H2,1H3,(H,58,68,69)/t45?,48-/m1/s1. The van der Waals surface area contributed by atoms with E-state index in [0.29, 0.717) is 67.9 Å². The number of aryl methyl sites for hydroxylation is 1. The van der Waals surface area contributed by atoms with Gasteiger partial charge in [0.25, 0.3) is 5.91 Å². The van der Waals surface area contributed by atoms with Gasteiger partial charge >= 0.3 is 11.9 Å². The van der Waals surface area contributed by atoms with Crippen molar-refractivity contribution in [3.8, 4) is 5.69 Å². The lowest BCUT2D eigenvalue weighted by Gasteiger charge is -2.39. The molecule has 11 rings (SSSR count). The summed E-state index contributed by atoms with van der Waals surface area (Å²) in [7, 11) is 1.91. The van der Waals surface area contributed by atoms with E-state index >= 15 is 0 Å². The number of carbonyl (C=O) groups excluding carboxylic acids is 3. The van der Waals surface area contributed by atoms with Crippen LogP contribution in [-0.4, -0.2) is 145 Å². The van der Waals surface area contributed by atoms with Crippen LogP contribution in [0.1, 0.15) is 102 Å². The predicted molar refractivity (Wildman–Crippen MR) is 263 cm³/mol. The number of carbonyl (C=O) groups is 3. The van der Waals surface area contributed by atoms with E-state index in [1.165, 1.54) is 16.8 Å². The van der Waals surface area contributed by atoms with E-state index in [1.807, 2.05) is 41.9 Å². The van der Waals surface area contributed by atoms with Crippen molar-refractivity contribution >= 4 is 28.9 Å². The largest absolute Gasteiger partial charge is 0.418 e. The fourth-order valence-corrected chi connectivity index (χ4v) is 12.1. The number of halogens is 3. The van der Waals surface area contributed by atoms with Gasteiger partial charge in [-0.2, -0.15) is 13.2 Å². The first-order valence-corrected chi connectivity index (χ1v) is 25.9. The molecular weight excluding hydrogens is 928 g/mol. The smallest absolute Gasteiger partial charge is 0.377 e. The van der Waals surface area contributed by atoms with Crippen LogP contribution in [-0.2, 0) is 40.6 Å². The molecule has 1 N–H and O–H groups in total. The first-order chi connectivity index (χ1) is 34.8. The highest BCUT2D eigenvalue weighted by molar-refractivity contribution is 6.05. The van der Waals surface area contributed by atoms with Gasteiger partial charge in [0.2, 0.25) is 11.8 Å². The molecule has 16 nitrogen and oxygen atoms in total. The Morgan fingerprint density at radius 2 is 1.60 bits per heavy atom. The summed E-state index contributed by atoms with van der Waals surface area (Å²) in [4.78, 5) is 62.5. The number of likely N-dealkylation sites (tertiary alicyclic amines) is 2. The lowest BCUT2D eigenvalue weighted by molar-refractivity contribution is -0.137. The van der Waals surface area contributed by atoms with Crippen molar-refractivity contribution in [2.45, 2.75) is 95.1 Å². The number of piperazine rings is 1. The quantitative estimate of drug-likeness (QED) is 0.142. The molecular formula is C53H64F3N11O5. The third-order valence-corrected chi connectivity index (χ3v) is 16.5. The molecule has 1 aliphatic carbocycles. The molecule has 5 aliphatic heterocycles. The molecule has 72 heavy (non-hydrogen) atoms. The van der Waals surface area contributed by atoms with Crippen LogP contribution in [0.25, 0.3) is 11.2 Å². The van der Waals surface area contributed by atoms with Crippen molar-refractivity contribution < 1.29 is 32.3 Å². The number of amides is 3. The number of piperidine rings is 3. The van der Waals surface area contributed by atoms with Crippen LogP contribution in [0.2, 0.25) is 0 Å². The summed E-state index contributed by atoms with van der Waals surface area (Å²) in [6, 6.07) is 14.1. The van der Waals surface area contributed by atoms with Crippen LogP contribution >= 0.6 is 0 Å². The van der Waals surface area contributed by atoms with Crippen molar-refractivity contribution in [3.05, 3.63) is 111 Å². The van der Waals surface area contributed by atoms with Gasteiger partial charge in [0.15, 0.2) is 0 Å². The van der Waals surface area contributed by atoms with Gasteiger partial charge < -0.3 is 24.0 Å². The molecule has 5 fully saturated rings. The van der Waals surface area contributed by atoms with E-state index in [-0.39, 0.29) is 35.8 Å². The summed E-state index contributed by atoms with van der Waals surface area (Å²) >= 11 is 0. The van der Waals surface area contributed by atoms with E-state index in [9.17, 15) is 32.3 Å². The molecule has 0 spiro atoms. The second kappa shape index (κ2) is 20.2. The average molecular weight is 992 g/mol. The van der Waals surface area contributed by atoms with Gasteiger partial charge in [0.05, 0.1) is 29.5 Å². The summed E-state index contributed by atoms with van der Waals surface area (Å²) in [5, 5.41) is 10.9. The average Bonchev–Trinajstić information content (AvgIpc) is 4.04. The van der Waals surface area contributed by atoms with Crippen molar-refractivity contribution in [3.63, 3.8) is 0 Å². The minimum absolute atomic E-state index is 0.0338. The number of imide groups is 1. The maximum Gasteiger partial charge on any atom is 0.418 e. The Bertz CT molecular complexity index is 2870. The first kappa shape index (κ1) is 48.4. The van der Waals surface area contributed by atoms with Crippen molar-refractivity contribution in [2.24, 2.45) is 18.9 Å². The number of imidazole rings is 1. The van der Waals surface area contributed by atoms with Crippen LogP contribution in [0, 0.1) is 11.8 Å². The highest BCUT2D eigenvalue weighted by Crippen LogP contribution is 2.43. The summed E-state index contributed by atoms with van der Waals surface area (Å²) in [5.41, 5.74) is 3.04. The van der Waals surface area contributed by atoms with E-state index in [1.54, 1.807) is 23.5 Å². The number of anilines is 1. The van der Waals surface area contributed by atoms with E-state index in [0.717, 1.165) is 124 Å². The third-order valence-electron chi connectivity index (χ3n) is 16.5. The van der Waals surface area contributed by atoms with Crippen molar-refractivity contribution in [1.82, 2.24) is 48.6 Å². The summed E-state index contributed by atoms with van der Waals surface area (Å²) < 4.78 is 54.9. The summed E-state index contributed by atoms with van der Waals surface area (Å²) in [6.07, 6.45) is 7.73. The molecule has 4 saturated heterocycles. The van der Waals surface area contributed by atoms with Gasteiger partial charge in [0, 0.05) is 108 Å². The van der Waals surface area contributed by atoms with Crippen LogP contribution in [0.15, 0.2) is 72.0 Å². The molecule has 0 radical (unpaired) electrons. The predicted octanol–water partition coefficient (Wildman–Crippen LogP) is 5.45. The molecule has 1 unspecified atom stereocenters. The van der Waals surface area contributed by atoms with Crippen LogP contribution in [0.3, 0.4) is 0 Å². The van der Waals surface area contributed by atoms with Gasteiger partial charge in [-0.15, -0.1) is 10.2 Å². The molecule has 382 valence electrons. The molecule has 6 aliphatic rings. The Morgan fingerprint density at radius 3 is 2.31 bits per heavy atom. The zero-order valence-corrected chi connectivity index (χ0v) is 40.9. The Kier molecular flexibility index (Phi) is 13.6. The Morgan fingerprint density at radius 1 is 0.819 bits per heavy atom. The van der Waals surface area contributed by atoms with Crippen LogP contribution < -0.4 is 15.9 Å². The van der Waals surface area contributed by atoms with E-state index in [2.05, 4.69) is 41.2 Å². The number of alkyl halides is 3. The number of ether oxygens (including phenoxy) is 1. The lowest BCUT2D eigenvalue weighted by atomic mass is 9.72. The van der Waals surface area contributed by atoms with Crippen LogP contribution in [0.5, 0.6) is 0 Å². The van der Waals surface area contributed by atoms with Crippen molar-refractivity contribution in [1.29, 1.82) is 0 Å². The molecule has 3 aromatic heterocycles. The fourth-order valence-electron chi connectivity index (χ4n) is 12.1. The normalized spacial score (nSPS) is 21.9. The summed E-state index contributed by atoms with van der Waals surface area (Å²) in [5.74, 6) is 0.993. The maximum atomic E-state index is 14.7. The number of rotatable bonds is 14. The number of fused-ring (bicyclic) bond motifs is 2. The zero-order chi connectivity index (χ0) is 49.7. The maximum absolute atomic E-state index is 14.7. The molecule has 8 heterocycles. The number of hydrogen-bond donors (Lipinski definition) is 1. The number of nitrogens with zero attached hydrogens (tertiary/aromatic N) is 10. The molecule has 0 bridgehead atoms. The van der Waals surface area contributed by atoms with Gasteiger partial charge in [-0.25, -0.2) is 4.79 Å². The van der Waals surface area contributed by atoms with Gasteiger partial charge in [-0.1, -0.05) is 18.6 Å². The number of hydrogen-bond acceptors (Lipinski definition) is 11. The second-order valence-corrected chi connectivity index (χ2v) is 21.0. The monoisotopic (exact) mass is 992 g/mol. The molecule has 3 amide bonds. The number of benzene rings is 2. The van der Waals surface area contributed by atoms with Gasteiger partial charge in [0.1, 0.15) is 18.2 Å². The Balaban J connectivity index is 0.622. The number of pyridine rings is 1. The SMILES string of the molecule is Cn1cnnc1[C@@H](c1cccc(-n2cc3c(C(F)(F)F)cc(CN4CCC(OCCN5CCC(CN6CCN(c7ccc8c(c7)CN(C7CCC(=O)NC7=O)C8=O)CC6)CC5)CC4)cn3c2=O)c1)C1CCC1. The molecule has 19 heteroatoms. The molecule has 2 atom stereocenters. The Labute approximate surface area is 416 Å². The zero-order valence-electron chi connectivity index (χ0n) is 40.9. The molecule has 1 saturated carbocycles. The van der Waals surface area contributed by atoms with Gasteiger partial charge in [-0.3, -0.25) is 38.5 Å². The van der Waals surface area contributed by atoms with E-state index < -0.39 is 29.4 Å². The van der Waals surface area contributed by atoms with Crippen LogP contribution in [0.4, 0.5) is 18.9 Å². The van der Waals surface area contributed by atoms with Gasteiger partial charge in [-0.05, 0) is 123 Å². The minimum Gasteiger partial charge on any atom is -0.377 e. The number of aromatic nitrogens is 5. The topological polar surface area (TPSA) is 146 Å². The van der Waals surface area contributed by atoms with E-state index in [4.69, 9.17) is 4.74 Å². The Hall–Kier alpha value is -5.89. The minimum atomic E-state index is -4.65. The highest BCUT2D eigenvalue weighted by Gasteiger charge is 2.40. The first-order valence-electron chi connectivity index (χ1n) is 25.9. The fraction of sp³-hybridized carbons (Fsp3) is 0.547. The number of nitrogens with one attached hydrogen (secondary N) is 1. The molecule has 5 aromatic rings.